The first-order valence-electron chi connectivity index (χ1n) is 5.46. The van der Waals surface area contributed by atoms with Gasteiger partial charge in [-0.3, -0.25) is 0 Å². The van der Waals surface area contributed by atoms with Crippen LogP contribution < -0.4 is 9.47 Å². The maximum absolute atomic E-state index is 6.01. The summed E-state index contributed by atoms with van der Waals surface area (Å²) < 4.78 is 11.2. The van der Waals surface area contributed by atoms with Gasteiger partial charge in [0.25, 0.3) is 0 Å². The van der Waals surface area contributed by atoms with E-state index in [1.807, 2.05) is 26.8 Å². The van der Waals surface area contributed by atoms with Gasteiger partial charge in [0.15, 0.2) is 10.9 Å². The number of hydrogen-bond donors (Lipinski definition) is 0. The van der Waals surface area contributed by atoms with Gasteiger partial charge in [-0.2, -0.15) is 4.98 Å². The molecule has 88 valence electrons. The largest absolute Gasteiger partial charge is 0.487 e. The van der Waals surface area contributed by atoms with Crippen LogP contribution in [0.4, 0.5) is 0 Å². The second kappa shape index (κ2) is 4.13. The molecule has 2 rings (SSSR count). The zero-order chi connectivity index (χ0) is 11.8. The average molecular weight is 242 g/mol. The summed E-state index contributed by atoms with van der Waals surface area (Å²) in [7, 11) is 0. The minimum atomic E-state index is -0.269. The number of aromatic nitrogens is 1. The quantitative estimate of drug-likeness (QED) is 0.760. The van der Waals surface area contributed by atoms with E-state index in [4.69, 9.17) is 21.1 Å². The lowest BCUT2D eigenvalue weighted by atomic mass is 10.2. The van der Waals surface area contributed by atoms with Gasteiger partial charge in [0, 0.05) is 6.07 Å². The van der Waals surface area contributed by atoms with Gasteiger partial charge in [-0.15, -0.1) is 0 Å². The van der Waals surface area contributed by atoms with Crippen LogP contribution in [0.15, 0.2) is 12.1 Å². The van der Waals surface area contributed by atoms with Crippen LogP contribution in [-0.2, 0) is 0 Å². The van der Waals surface area contributed by atoms with Crippen molar-refractivity contribution in [2.45, 2.75) is 45.3 Å². The first-order chi connectivity index (χ1) is 7.44. The maximum Gasteiger partial charge on any atom is 0.215 e. The molecule has 4 heteroatoms. The predicted molar refractivity (Wildman–Crippen MR) is 63.3 cm³/mol. The van der Waals surface area contributed by atoms with Crippen molar-refractivity contribution in [3.05, 3.63) is 17.3 Å². The van der Waals surface area contributed by atoms with Crippen LogP contribution in [0.25, 0.3) is 0 Å². The van der Waals surface area contributed by atoms with Gasteiger partial charge in [-0.05, 0) is 39.7 Å². The van der Waals surface area contributed by atoms with E-state index < -0.39 is 0 Å². The highest BCUT2D eigenvalue weighted by atomic mass is 35.5. The molecule has 1 aliphatic rings. The fourth-order valence-corrected chi connectivity index (χ4v) is 1.42. The summed E-state index contributed by atoms with van der Waals surface area (Å²) in [6.45, 7) is 5.91. The molecule has 0 N–H and O–H groups in total. The zero-order valence-electron chi connectivity index (χ0n) is 9.79. The average Bonchev–Trinajstić information content (AvgIpc) is 2.90. The molecule has 3 nitrogen and oxygen atoms in total. The van der Waals surface area contributed by atoms with Gasteiger partial charge in [-0.1, -0.05) is 11.6 Å². The molecule has 1 aliphatic carbocycles. The lowest BCUT2D eigenvalue weighted by Crippen LogP contribution is -2.23. The van der Waals surface area contributed by atoms with Crippen molar-refractivity contribution in [1.29, 1.82) is 0 Å². The molecule has 0 atom stereocenters. The lowest BCUT2D eigenvalue weighted by molar-refractivity contribution is 0.124. The Balaban J connectivity index is 2.08. The number of ether oxygens (including phenoxy) is 2. The van der Waals surface area contributed by atoms with Crippen LogP contribution in [0.5, 0.6) is 11.6 Å². The summed E-state index contributed by atoms with van der Waals surface area (Å²) in [5.74, 6) is 1.17. The molecule has 0 bridgehead atoms. The second-order valence-corrected chi connectivity index (χ2v) is 5.33. The standard InChI is InChI=1S/C12H16ClNO2/c1-12(2,3)16-10-7-6-9(11(13)14-10)15-8-4-5-8/h6-8H,4-5H2,1-3H3. The first kappa shape index (κ1) is 11.5. The highest BCUT2D eigenvalue weighted by Crippen LogP contribution is 2.32. The van der Waals surface area contributed by atoms with Crippen molar-refractivity contribution in [3.8, 4) is 11.6 Å². The normalized spacial score (nSPS) is 16.0. The molecular formula is C12H16ClNO2. The van der Waals surface area contributed by atoms with Crippen molar-refractivity contribution in [1.82, 2.24) is 4.98 Å². The fraction of sp³-hybridized carbons (Fsp3) is 0.583. The Morgan fingerprint density at radius 2 is 2.00 bits per heavy atom. The summed E-state index contributed by atoms with van der Waals surface area (Å²) in [4.78, 5) is 4.16. The Bertz CT molecular complexity index is 383. The number of rotatable bonds is 3. The third-order valence-corrected chi connectivity index (χ3v) is 2.29. The minimum Gasteiger partial charge on any atom is -0.487 e. The molecule has 1 aromatic rings. The van der Waals surface area contributed by atoms with E-state index in [2.05, 4.69) is 4.98 Å². The fourth-order valence-electron chi connectivity index (χ4n) is 1.23. The Labute approximate surface area is 101 Å². The van der Waals surface area contributed by atoms with E-state index in [1.54, 1.807) is 6.07 Å². The van der Waals surface area contributed by atoms with E-state index in [-0.39, 0.29) is 5.60 Å². The highest BCUT2D eigenvalue weighted by Gasteiger charge is 2.25. The zero-order valence-corrected chi connectivity index (χ0v) is 10.5. The Hall–Kier alpha value is -0.960. The smallest absolute Gasteiger partial charge is 0.215 e. The van der Waals surface area contributed by atoms with Crippen LogP contribution in [0, 0.1) is 0 Å². The van der Waals surface area contributed by atoms with Crippen molar-refractivity contribution in [2.24, 2.45) is 0 Å². The van der Waals surface area contributed by atoms with Crippen molar-refractivity contribution < 1.29 is 9.47 Å². The van der Waals surface area contributed by atoms with Gasteiger partial charge in [0.2, 0.25) is 5.88 Å². The van der Waals surface area contributed by atoms with Gasteiger partial charge in [-0.25, -0.2) is 0 Å². The Kier molecular flexibility index (Phi) is 2.98. The number of halogens is 1. The van der Waals surface area contributed by atoms with Crippen molar-refractivity contribution in [2.75, 3.05) is 0 Å². The van der Waals surface area contributed by atoms with Crippen LogP contribution in [0.3, 0.4) is 0 Å². The summed E-state index contributed by atoms with van der Waals surface area (Å²) in [6.07, 6.45) is 2.54. The topological polar surface area (TPSA) is 31.4 Å². The van der Waals surface area contributed by atoms with Crippen molar-refractivity contribution in [3.63, 3.8) is 0 Å². The summed E-state index contributed by atoms with van der Waals surface area (Å²) >= 11 is 6.01. The molecule has 16 heavy (non-hydrogen) atoms. The summed E-state index contributed by atoms with van der Waals surface area (Å²) in [5, 5.41) is 0.369. The molecular weight excluding hydrogens is 226 g/mol. The van der Waals surface area contributed by atoms with E-state index in [9.17, 15) is 0 Å². The van der Waals surface area contributed by atoms with Gasteiger partial charge < -0.3 is 9.47 Å². The molecule has 0 saturated heterocycles. The van der Waals surface area contributed by atoms with Gasteiger partial charge in [0.05, 0.1) is 6.10 Å². The summed E-state index contributed by atoms with van der Waals surface area (Å²) in [6, 6.07) is 3.60. The third kappa shape index (κ3) is 3.27. The SMILES string of the molecule is CC(C)(C)Oc1ccc(OC2CC2)c(Cl)n1. The third-order valence-electron chi connectivity index (χ3n) is 2.02. The Morgan fingerprint density at radius 1 is 1.31 bits per heavy atom. The Morgan fingerprint density at radius 3 is 2.50 bits per heavy atom. The molecule has 0 amide bonds. The van der Waals surface area contributed by atoms with Crippen LogP contribution in [-0.4, -0.2) is 16.7 Å². The molecule has 0 aromatic carbocycles. The van der Waals surface area contributed by atoms with Crippen LogP contribution >= 0.6 is 11.6 Å². The summed E-state index contributed by atoms with van der Waals surface area (Å²) in [5.41, 5.74) is -0.269. The van der Waals surface area contributed by atoms with E-state index in [1.165, 1.54) is 0 Å². The van der Waals surface area contributed by atoms with E-state index >= 15 is 0 Å². The molecule has 1 aromatic heterocycles. The monoisotopic (exact) mass is 241 g/mol. The first-order valence-corrected chi connectivity index (χ1v) is 5.84. The van der Waals surface area contributed by atoms with E-state index in [0.717, 1.165) is 12.8 Å². The van der Waals surface area contributed by atoms with E-state index in [0.29, 0.717) is 22.9 Å². The van der Waals surface area contributed by atoms with Crippen LogP contribution in [0.1, 0.15) is 33.6 Å². The van der Waals surface area contributed by atoms with Crippen LogP contribution in [0.2, 0.25) is 5.15 Å². The number of pyridine rings is 1. The molecule has 1 saturated carbocycles. The lowest BCUT2D eigenvalue weighted by Gasteiger charge is -2.20. The molecule has 0 spiro atoms. The molecule has 1 heterocycles. The van der Waals surface area contributed by atoms with Crippen molar-refractivity contribution >= 4 is 11.6 Å². The maximum atomic E-state index is 6.01. The molecule has 1 fully saturated rings. The predicted octanol–water partition coefficient (Wildman–Crippen LogP) is 3.45. The molecule has 0 aliphatic heterocycles. The van der Waals surface area contributed by atoms with Gasteiger partial charge >= 0.3 is 0 Å². The molecule has 0 radical (unpaired) electrons. The number of nitrogens with zero attached hydrogens (tertiary/aromatic N) is 1. The number of hydrogen-bond acceptors (Lipinski definition) is 3. The second-order valence-electron chi connectivity index (χ2n) is 4.97. The minimum absolute atomic E-state index is 0.269. The van der Waals surface area contributed by atoms with Gasteiger partial charge in [0.1, 0.15) is 5.60 Å². The highest BCUT2D eigenvalue weighted by molar-refractivity contribution is 6.30. The molecule has 0 unspecified atom stereocenters.